The van der Waals surface area contributed by atoms with Gasteiger partial charge in [-0.1, -0.05) is 12.1 Å². The number of ether oxygens (including phenoxy) is 2. The van der Waals surface area contributed by atoms with Crippen LogP contribution in [0.25, 0.3) is 0 Å². The molecule has 5 nitrogen and oxygen atoms in total. The van der Waals surface area contributed by atoms with Gasteiger partial charge in [-0.3, -0.25) is 9.82 Å². The van der Waals surface area contributed by atoms with Crippen LogP contribution in [0.15, 0.2) is 54.7 Å². The van der Waals surface area contributed by atoms with E-state index in [2.05, 4.69) is 15.2 Å². The lowest BCUT2D eigenvalue weighted by atomic mass is 10.1. The molecule has 0 saturated carbocycles. The van der Waals surface area contributed by atoms with Crippen molar-refractivity contribution in [2.24, 2.45) is 0 Å². The number of benzene rings is 1. The summed E-state index contributed by atoms with van der Waals surface area (Å²) in [5, 5.41) is 0. The third kappa shape index (κ3) is 4.17. The Labute approximate surface area is 135 Å². The van der Waals surface area contributed by atoms with Gasteiger partial charge in [0.25, 0.3) is 0 Å². The normalized spacial score (nSPS) is 17.2. The second-order valence-electron chi connectivity index (χ2n) is 5.09. The summed E-state index contributed by atoms with van der Waals surface area (Å²) in [5.74, 6) is 0.637. The Balaban J connectivity index is 1.67. The summed E-state index contributed by atoms with van der Waals surface area (Å²) < 4.78 is 45.8. The van der Waals surface area contributed by atoms with Gasteiger partial charge < -0.3 is 9.47 Å². The summed E-state index contributed by atoms with van der Waals surface area (Å²) in [5.41, 5.74) is 4.22. The predicted molar refractivity (Wildman–Crippen MR) is 77.8 cm³/mol. The van der Waals surface area contributed by atoms with E-state index in [1.165, 1.54) is 24.3 Å². The zero-order valence-electron chi connectivity index (χ0n) is 12.5. The smallest absolute Gasteiger partial charge is 0.438 e. The molecule has 1 aliphatic heterocycles. The topological polar surface area (TPSA) is 52.6 Å². The van der Waals surface area contributed by atoms with Gasteiger partial charge in [-0.2, -0.15) is 0 Å². The van der Waals surface area contributed by atoms with Crippen LogP contribution in [-0.2, 0) is 4.84 Å². The highest BCUT2D eigenvalue weighted by Gasteiger charge is 2.31. The maximum absolute atomic E-state index is 12.1. The van der Waals surface area contributed by atoms with Crippen LogP contribution in [0.1, 0.15) is 17.2 Å². The second kappa shape index (κ2) is 6.40. The van der Waals surface area contributed by atoms with E-state index in [4.69, 9.17) is 9.57 Å². The molecule has 126 valence electrons. The van der Waals surface area contributed by atoms with Crippen molar-refractivity contribution < 1.29 is 27.5 Å². The van der Waals surface area contributed by atoms with Crippen LogP contribution in [0.5, 0.6) is 11.5 Å². The van der Waals surface area contributed by atoms with E-state index in [0.29, 0.717) is 17.2 Å². The lowest BCUT2D eigenvalue weighted by Gasteiger charge is -2.11. The number of halogens is 3. The number of aryl methyl sites for hydroxylation is 1. The van der Waals surface area contributed by atoms with Gasteiger partial charge in [0, 0.05) is 12.3 Å². The van der Waals surface area contributed by atoms with Gasteiger partial charge in [0.15, 0.2) is 0 Å². The standard InChI is InChI=1S/C16H13F3N2O3/c1-10-6-13(9-20-8-10)22-15-7-14(24-21-15)11-2-4-12(5-3-11)23-16(17,18)19/h2-9,14,21H,1H3/t14-/m0/s1. The molecule has 0 fully saturated rings. The van der Waals surface area contributed by atoms with E-state index >= 15 is 0 Å². The molecular weight excluding hydrogens is 325 g/mol. The summed E-state index contributed by atoms with van der Waals surface area (Å²) in [4.78, 5) is 9.36. The van der Waals surface area contributed by atoms with Crippen LogP contribution in [0.4, 0.5) is 13.2 Å². The van der Waals surface area contributed by atoms with E-state index < -0.39 is 12.5 Å². The number of nitrogens with zero attached hydrogens (tertiary/aromatic N) is 1. The van der Waals surface area contributed by atoms with Crippen LogP contribution in [0.2, 0.25) is 0 Å². The highest BCUT2D eigenvalue weighted by Crippen LogP contribution is 2.28. The first-order valence-corrected chi connectivity index (χ1v) is 6.98. The van der Waals surface area contributed by atoms with Crippen molar-refractivity contribution in [3.8, 4) is 11.5 Å². The average Bonchev–Trinajstić information content (AvgIpc) is 2.95. The number of hydrogen-bond donors (Lipinski definition) is 1. The summed E-state index contributed by atoms with van der Waals surface area (Å²) in [6.45, 7) is 1.89. The average molecular weight is 338 g/mol. The maximum atomic E-state index is 12.1. The largest absolute Gasteiger partial charge is 0.573 e. The Kier molecular flexibility index (Phi) is 4.30. The molecule has 1 atom stereocenters. The zero-order chi connectivity index (χ0) is 17.2. The summed E-state index contributed by atoms with van der Waals surface area (Å²) in [6.07, 6.45) is -0.269. The monoisotopic (exact) mass is 338 g/mol. The van der Waals surface area contributed by atoms with Gasteiger partial charge in [0.1, 0.15) is 17.6 Å². The number of rotatable bonds is 4. The van der Waals surface area contributed by atoms with E-state index in [-0.39, 0.29) is 5.75 Å². The molecule has 0 radical (unpaired) electrons. The van der Waals surface area contributed by atoms with Crippen molar-refractivity contribution in [3.05, 3.63) is 65.8 Å². The first-order valence-electron chi connectivity index (χ1n) is 6.98. The number of hydrogen-bond acceptors (Lipinski definition) is 5. The summed E-state index contributed by atoms with van der Waals surface area (Å²) >= 11 is 0. The molecule has 8 heteroatoms. The molecule has 24 heavy (non-hydrogen) atoms. The number of hydroxylamine groups is 1. The number of aromatic nitrogens is 1. The molecule has 1 aromatic heterocycles. The van der Waals surface area contributed by atoms with Crippen LogP contribution < -0.4 is 15.0 Å². The summed E-state index contributed by atoms with van der Waals surface area (Å²) in [7, 11) is 0. The van der Waals surface area contributed by atoms with Gasteiger partial charge in [-0.05, 0) is 36.2 Å². The minimum absolute atomic E-state index is 0.288. The Morgan fingerprint density at radius 1 is 1.12 bits per heavy atom. The van der Waals surface area contributed by atoms with Gasteiger partial charge in [0.2, 0.25) is 5.88 Å². The fourth-order valence-corrected chi connectivity index (χ4v) is 2.12. The van der Waals surface area contributed by atoms with Crippen LogP contribution in [-0.4, -0.2) is 11.3 Å². The molecule has 2 heterocycles. The van der Waals surface area contributed by atoms with Crippen molar-refractivity contribution >= 4 is 0 Å². The SMILES string of the molecule is Cc1cncc(OC2=C[C@@H](c3ccc(OC(F)(F)F)cc3)ON2)c1. The maximum Gasteiger partial charge on any atom is 0.573 e. The third-order valence-corrected chi connectivity index (χ3v) is 3.11. The van der Waals surface area contributed by atoms with Crippen molar-refractivity contribution in [2.75, 3.05) is 0 Å². The van der Waals surface area contributed by atoms with Gasteiger partial charge in [-0.15, -0.1) is 13.2 Å². The Morgan fingerprint density at radius 3 is 2.54 bits per heavy atom. The van der Waals surface area contributed by atoms with E-state index in [1.54, 1.807) is 18.5 Å². The second-order valence-corrected chi connectivity index (χ2v) is 5.09. The number of pyridine rings is 1. The Bertz CT molecular complexity index is 745. The first-order chi connectivity index (χ1) is 11.4. The van der Waals surface area contributed by atoms with Crippen molar-refractivity contribution in [2.45, 2.75) is 19.4 Å². The Morgan fingerprint density at radius 2 is 1.88 bits per heavy atom. The predicted octanol–water partition coefficient (Wildman–Crippen LogP) is 3.78. The summed E-state index contributed by atoms with van der Waals surface area (Å²) in [6, 6.07) is 7.24. The number of alkyl halides is 3. The van der Waals surface area contributed by atoms with Crippen molar-refractivity contribution in [3.63, 3.8) is 0 Å². The minimum Gasteiger partial charge on any atom is -0.438 e. The molecule has 0 saturated heterocycles. The molecule has 1 N–H and O–H groups in total. The lowest BCUT2D eigenvalue weighted by Crippen LogP contribution is -2.17. The fourth-order valence-electron chi connectivity index (χ4n) is 2.12. The van der Waals surface area contributed by atoms with Gasteiger partial charge in [-0.25, -0.2) is 5.48 Å². The highest BCUT2D eigenvalue weighted by atomic mass is 19.4. The van der Waals surface area contributed by atoms with E-state index in [1.807, 2.05) is 13.0 Å². The lowest BCUT2D eigenvalue weighted by molar-refractivity contribution is -0.274. The van der Waals surface area contributed by atoms with Crippen LogP contribution in [0.3, 0.4) is 0 Å². The fraction of sp³-hybridized carbons (Fsp3) is 0.188. The molecule has 3 rings (SSSR count). The molecule has 0 bridgehead atoms. The molecule has 1 aliphatic rings. The molecule has 0 aliphatic carbocycles. The number of nitrogens with one attached hydrogen (secondary N) is 1. The highest BCUT2D eigenvalue weighted by molar-refractivity contribution is 5.32. The van der Waals surface area contributed by atoms with Gasteiger partial charge >= 0.3 is 6.36 Å². The van der Waals surface area contributed by atoms with Crippen molar-refractivity contribution in [1.29, 1.82) is 0 Å². The quantitative estimate of drug-likeness (QED) is 0.919. The Hall–Kier alpha value is -2.74. The molecular formula is C16H13F3N2O3. The molecule has 0 amide bonds. The van der Waals surface area contributed by atoms with Crippen LogP contribution in [0, 0.1) is 6.92 Å². The third-order valence-electron chi connectivity index (χ3n) is 3.11. The van der Waals surface area contributed by atoms with Crippen LogP contribution >= 0.6 is 0 Å². The minimum atomic E-state index is -4.71. The first kappa shape index (κ1) is 16.1. The molecule has 0 spiro atoms. The molecule has 1 aromatic carbocycles. The van der Waals surface area contributed by atoms with Gasteiger partial charge in [0.05, 0.1) is 6.20 Å². The molecule has 2 aromatic rings. The zero-order valence-corrected chi connectivity index (χ0v) is 12.5. The van der Waals surface area contributed by atoms with E-state index in [0.717, 1.165) is 5.56 Å². The van der Waals surface area contributed by atoms with Crippen molar-refractivity contribution in [1.82, 2.24) is 10.5 Å². The van der Waals surface area contributed by atoms with E-state index in [9.17, 15) is 13.2 Å². The molecule has 0 unspecified atom stereocenters.